The van der Waals surface area contributed by atoms with Gasteiger partial charge in [-0.2, -0.15) is 0 Å². The number of carbonyl (C=O) groups is 1. The number of hydrogen-bond donors (Lipinski definition) is 1. The van der Waals surface area contributed by atoms with Crippen LogP contribution in [0.2, 0.25) is 0 Å². The predicted molar refractivity (Wildman–Crippen MR) is 109 cm³/mol. The van der Waals surface area contributed by atoms with E-state index in [2.05, 4.69) is 34.2 Å². The average molecular weight is 384 g/mol. The Morgan fingerprint density at radius 3 is 2.70 bits per heavy atom. The van der Waals surface area contributed by atoms with Crippen molar-refractivity contribution in [1.29, 1.82) is 0 Å². The van der Waals surface area contributed by atoms with E-state index in [1.807, 2.05) is 28.5 Å². The molecule has 2 fully saturated rings. The number of carbonyl (C=O) groups excluding carboxylic acids is 1. The van der Waals surface area contributed by atoms with Crippen molar-refractivity contribution in [2.45, 2.75) is 25.9 Å². The molecule has 5 nitrogen and oxygen atoms in total. The largest absolute Gasteiger partial charge is 0.390 e. The third-order valence-electron chi connectivity index (χ3n) is 5.64. The van der Waals surface area contributed by atoms with E-state index in [1.54, 1.807) is 11.3 Å². The molecule has 3 heterocycles. The second-order valence-electron chi connectivity index (χ2n) is 7.53. The molecule has 6 heteroatoms. The van der Waals surface area contributed by atoms with Crippen molar-refractivity contribution in [3.63, 3.8) is 0 Å². The highest BCUT2D eigenvalue weighted by atomic mass is 32.1. The van der Waals surface area contributed by atoms with Gasteiger partial charge in [0.05, 0.1) is 12.3 Å². The molecule has 2 aliphatic rings. The molecule has 0 saturated carbocycles. The molecule has 1 aromatic heterocycles. The van der Waals surface area contributed by atoms with E-state index in [4.69, 9.17) is 0 Å². The summed E-state index contributed by atoms with van der Waals surface area (Å²) in [5.74, 6) is 0.276. The quantitative estimate of drug-likeness (QED) is 0.862. The van der Waals surface area contributed by atoms with Crippen LogP contribution in [0.1, 0.15) is 30.5 Å². The zero-order valence-electron chi connectivity index (χ0n) is 15.4. The van der Waals surface area contributed by atoms with Crippen LogP contribution in [0.5, 0.6) is 0 Å². The molecule has 0 atom stereocenters. The number of likely N-dealkylation sites (tertiary alicyclic amines) is 1. The number of aliphatic hydroxyl groups is 1. The maximum absolute atomic E-state index is 12.5. The minimum Gasteiger partial charge on any atom is -0.390 e. The Morgan fingerprint density at radius 2 is 2.00 bits per heavy atom. The number of thiazole rings is 1. The Morgan fingerprint density at radius 1 is 1.22 bits per heavy atom. The summed E-state index contributed by atoms with van der Waals surface area (Å²) in [7, 11) is 0. The number of hydrogen-bond acceptors (Lipinski definition) is 5. The molecule has 2 aliphatic heterocycles. The number of benzene rings is 1. The Labute approximate surface area is 164 Å². The maximum atomic E-state index is 12.5. The van der Waals surface area contributed by atoms with Gasteiger partial charge in [0.25, 0.3) is 0 Å². The molecule has 27 heavy (non-hydrogen) atoms. The van der Waals surface area contributed by atoms with Gasteiger partial charge in [-0.15, -0.1) is 11.3 Å². The summed E-state index contributed by atoms with van der Waals surface area (Å²) in [4.78, 5) is 21.3. The van der Waals surface area contributed by atoms with Crippen LogP contribution in [-0.2, 0) is 11.4 Å². The van der Waals surface area contributed by atoms with Gasteiger partial charge in [0.2, 0.25) is 5.91 Å². The molecule has 0 aliphatic carbocycles. The zero-order chi connectivity index (χ0) is 18.7. The lowest BCUT2D eigenvalue weighted by molar-refractivity contribution is -0.127. The van der Waals surface area contributed by atoms with Crippen LogP contribution in [-0.4, -0.2) is 47.1 Å². The fourth-order valence-electron chi connectivity index (χ4n) is 4.05. The van der Waals surface area contributed by atoms with Gasteiger partial charge in [-0.05, 0) is 18.4 Å². The van der Waals surface area contributed by atoms with Gasteiger partial charge < -0.3 is 14.9 Å². The number of nitrogens with zero attached hydrogens (tertiary/aromatic N) is 3. The molecular weight excluding hydrogens is 358 g/mol. The molecular formula is C21H25N3O2S. The van der Waals surface area contributed by atoms with Crippen LogP contribution >= 0.6 is 11.3 Å². The number of piperidine rings is 1. The lowest BCUT2D eigenvalue weighted by atomic mass is 9.78. The summed E-state index contributed by atoms with van der Waals surface area (Å²) in [6, 6.07) is 10.2. The van der Waals surface area contributed by atoms with Crippen LogP contribution in [0, 0.1) is 5.41 Å². The smallest absolute Gasteiger partial charge is 0.223 e. The second kappa shape index (κ2) is 7.82. The minimum absolute atomic E-state index is 0.00572. The molecule has 1 N–H and O–H groups in total. The molecule has 4 rings (SSSR count). The Bertz CT molecular complexity index is 810. The standard InChI is InChI=1S/C21H25N3O2S/c25-14-18-15-27-20(22-18)23-11-8-21(9-12-23)13-19(26)24(16-21)10-4-7-17-5-2-1-3-6-17/h1-7,15,25H,8-14,16H2/b7-4+. The first kappa shape index (κ1) is 18.2. The number of aromatic nitrogens is 1. The highest BCUT2D eigenvalue weighted by Crippen LogP contribution is 2.42. The number of amides is 1. The van der Waals surface area contributed by atoms with E-state index in [0.29, 0.717) is 13.0 Å². The third kappa shape index (κ3) is 4.06. The highest BCUT2D eigenvalue weighted by Gasteiger charge is 2.44. The number of anilines is 1. The van der Waals surface area contributed by atoms with Crippen molar-refractivity contribution in [3.8, 4) is 0 Å². The van der Waals surface area contributed by atoms with Crippen LogP contribution < -0.4 is 4.90 Å². The predicted octanol–water partition coefficient (Wildman–Crippen LogP) is 3.17. The molecule has 142 valence electrons. The van der Waals surface area contributed by atoms with Gasteiger partial charge in [0.1, 0.15) is 0 Å². The molecule has 1 amide bonds. The molecule has 0 bridgehead atoms. The molecule has 1 aromatic carbocycles. The summed E-state index contributed by atoms with van der Waals surface area (Å²) in [5, 5.41) is 12.1. The average Bonchev–Trinajstić information content (AvgIpc) is 3.29. The first-order valence-corrected chi connectivity index (χ1v) is 10.4. The van der Waals surface area contributed by atoms with Crippen molar-refractivity contribution in [2.75, 3.05) is 31.1 Å². The molecule has 1 spiro atoms. The zero-order valence-corrected chi connectivity index (χ0v) is 16.2. The van der Waals surface area contributed by atoms with Crippen LogP contribution in [0.15, 0.2) is 41.8 Å². The minimum atomic E-state index is -0.00572. The van der Waals surface area contributed by atoms with Gasteiger partial charge in [-0.1, -0.05) is 42.5 Å². The van der Waals surface area contributed by atoms with Gasteiger partial charge in [0.15, 0.2) is 5.13 Å². The second-order valence-corrected chi connectivity index (χ2v) is 8.37. The van der Waals surface area contributed by atoms with E-state index in [0.717, 1.165) is 48.9 Å². The Balaban J connectivity index is 1.33. The lowest BCUT2D eigenvalue weighted by Gasteiger charge is -2.38. The third-order valence-corrected chi connectivity index (χ3v) is 6.59. The topological polar surface area (TPSA) is 56.7 Å². The van der Waals surface area contributed by atoms with Gasteiger partial charge >= 0.3 is 0 Å². The number of rotatable bonds is 5. The summed E-state index contributed by atoms with van der Waals surface area (Å²) < 4.78 is 0. The fraction of sp³-hybridized carbons (Fsp3) is 0.429. The van der Waals surface area contributed by atoms with Crippen LogP contribution in [0.4, 0.5) is 5.13 Å². The summed E-state index contributed by atoms with van der Waals surface area (Å²) in [6.45, 7) is 3.40. The van der Waals surface area contributed by atoms with Crippen molar-refractivity contribution in [3.05, 3.63) is 53.0 Å². The van der Waals surface area contributed by atoms with E-state index < -0.39 is 0 Å². The normalized spacial score (nSPS) is 19.5. The molecule has 2 aromatic rings. The Hall–Kier alpha value is -2.18. The van der Waals surface area contributed by atoms with E-state index in [9.17, 15) is 9.90 Å². The van der Waals surface area contributed by atoms with E-state index >= 15 is 0 Å². The van der Waals surface area contributed by atoms with E-state index in [1.165, 1.54) is 0 Å². The lowest BCUT2D eigenvalue weighted by Crippen LogP contribution is -2.41. The Kier molecular flexibility index (Phi) is 5.27. The fourth-order valence-corrected chi connectivity index (χ4v) is 4.92. The summed E-state index contributed by atoms with van der Waals surface area (Å²) >= 11 is 1.59. The van der Waals surface area contributed by atoms with E-state index in [-0.39, 0.29) is 17.9 Å². The van der Waals surface area contributed by atoms with Crippen molar-refractivity contribution >= 4 is 28.5 Å². The number of aliphatic hydroxyl groups excluding tert-OH is 1. The van der Waals surface area contributed by atoms with Gasteiger partial charge in [-0.3, -0.25) is 4.79 Å². The summed E-state index contributed by atoms with van der Waals surface area (Å²) in [6.07, 6.45) is 6.88. The summed E-state index contributed by atoms with van der Waals surface area (Å²) in [5.41, 5.74) is 2.02. The molecule has 0 unspecified atom stereocenters. The van der Waals surface area contributed by atoms with Crippen molar-refractivity contribution < 1.29 is 9.90 Å². The maximum Gasteiger partial charge on any atom is 0.223 e. The monoisotopic (exact) mass is 383 g/mol. The van der Waals surface area contributed by atoms with Gasteiger partial charge in [0, 0.05) is 43.4 Å². The molecule has 0 radical (unpaired) electrons. The van der Waals surface area contributed by atoms with Crippen molar-refractivity contribution in [1.82, 2.24) is 9.88 Å². The van der Waals surface area contributed by atoms with Crippen LogP contribution in [0.25, 0.3) is 6.08 Å². The SMILES string of the molecule is O=C1CC2(CCN(c3nc(CO)cs3)CC2)CN1C/C=C/c1ccccc1. The molecule has 2 saturated heterocycles. The first-order chi connectivity index (χ1) is 13.2. The van der Waals surface area contributed by atoms with Crippen LogP contribution in [0.3, 0.4) is 0 Å². The first-order valence-electron chi connectivity index (χ1n) is 9.47. The van der Waals surface area contributed by atoms with Gasteiger partial charge in [-0.25, -0.2) is 4.98 Å². The van der Waals surface area contributed by atoms with Crippen molar-refractivity contribution in [2.24, 2.45) is 5.41 Å². The highest BCUT2D eigenvalue weighted by molar-refractivity contribution is 7.13.